The fraction of sp³-hybridized carbons (Fsp3) is 0.263. The van der Waals surface area contributed by atoms with E-state index in [1.54, 1.807) is 7.05 Å². The van der Waals surface area contributed by atoms with Crippen LogP contribution < -0.4 is 0 Å². The molecule has 2 aromatic carbocycles. The summed E-state index contributed by atoms with van der Waals surface area (Å²) in [7, 11) is 1.64. The molecule has 3 rings (SSSR count). The van der Waals surface area contributed by atoms with Crippen LogP contribution in [0.3, 0.4) is 0 Å². The van der Waals surface area contributed by atoms with Crippen LogP contribution in [0.15, 0.2) is 53.5 Å². The van der Waals surface area contributed by atoms with Gasteiger partial charge in [-0.3, -0.25) is 4.90 Å². The molecule has 136 valence electrons. The Hall–Kier alpha value is -2.83. The van der Waals surface area contributed by atoms with Crippen LogP contribution >= 0.6 is 0 Å². The number of amides is 2. The molecule has 0 radical (unpaired) electrons. The Morgan fingerprint density at radius 1 is 1.12 bits per heavy atom. The van der Waals surface area contributed by atoms with E-state index in [1.165, 1.54) is 21.9 Å². The number of nitrogens with zero attached hydrogens (tertiary/aromatic N) is 3. The zero-order chi connectivity index (χ0) is 18.9. The van der Waals surface area contributed by atoms with Crippen molar-refractivity contribution >= 4 is 17.6 Å². The molecule has 1 heterocycles. The first-order valence-electron chi connectivity index (χ1n) is 8.07. The molecule has 0 aromatic heterocycles. The summed E-state index contributed by atoms with van der Waals surface area (Å²) in [4.78, 5) is 19.7. The average Bonchev–Trinajstić information content (AvgIpc) is 2.84. The van der Waals surface area contributed by atoms with E-state index in [2.05, 4.69) is 4.99 Å². The third kappa shape index (κ3) is 3.87. The van der Waals surface area contributed by atoms with Crippen LogP contribution in [0.4, 0.5) is 23.7 Å². The Bertz CT molecular complexity index is 844. The molecule has 0 spiro atoms. The maximum Gasteiger partial charge on any atom is 0.416 e. The Balaban J connectivity index is 1.90. The van der Waals surface area contributed by atoms with Gasteiger partial charge in [-0.25, -0.2) is 9.79 Å². The fourth-order valence-corrected chi connectivity index (χ4v) is 2.71. The summed E-state index contributed by atoms with van der Waals surface area (Å²) in [6.45, 7) is 2.54. The van der Waals surface area contributed by atoms with E-state index in [9.17, 15) is 18.0 Å². The van der Waals surface area contributed by atoms with Crippen LogP contribution in [0.2, 0.25) is 0 Å². The van der Waals surface area contributed by atoms with E-state index < -0.39 is 11.7 Å². The van der Waals surface area contributed by atoms with E-state index in [0.717, 1.165) is 23.3 Å². The molecular formula is C19H18F3N3O. The van der Waals surface area contributed by atoms with Crippen molar-refractivity contribution < 1.29 is 18.0 Å². The Morgan fingerprint density at radius 3 is 2.46 bits per heavy atom. The summed E-state index contributed by atoms with van der Waals surface area (Å²) in [5, 5.41) is 0. The van der Waals surface area contributed by atoms with Crippen molar-refractivity contribution in [3.63, 3.8) is 0 Å². The molecule has 0 N–H and O–H groups in total. The second kappa shape index (κ2) is 6.82. The standard InChI is InChI=1S/C19H18F3N3O/c1-13-6-8-14(9-7-13)11-25-17(12-24(2)18(25)26)23-16-5-3-4-15(10-16)19(20,21)22/h3-10H,11-12H2,1-2H3. The lowest BCUT2D eigenvalue weighted by atomic mass is 10.1. The molecule has 0 saturated carbocycles. The minimum Gasteiger partial charge on any atom is -0.320 e. The number of carbonyl (C=O) groups is 1. The molecule has 4 nitrogen and oxygen atoms in total. The van der Waals surface area contributed by atoms with Crippen molar-refractivity contribution in [1.82, 2.24) is 9.80 Å². The van der Waals surface area contributed by atoms with Crippen LogP contribution in [0, 0.1) is 6.92 Å². The maximum atomic E-state index is 12.9. The van der Waals surface area contributed by atoms with Gasteiger partial charge in [0.25, 0.3) is 0 Å². The number of rotatable bonds is 3. The summed E-state index contributed by atoms with van der Waals surface area (Å²) in [5.74, 6) is 0.428. The number of likely N-dealkylation sites (N-methyl/N-ethyl adjacent to an activating group) is 1. The Labute approximate surface area is 149 Å². The molecule has 26 heavy (non-hydrogen) atoms. The van der Waals surface area contributed by atoms with Crippen molar-refractivity contribution in [3.8, 4) is 0 Å². The maximum absolute atomic E-state index is 12.9. The van der Waals surface area contributed by atoms with Crippen molar-refractivity contribution in [2.45, 2.75) is 19.6 Å². The van der Waals surface area contributed by atoms with Crippen molar-refractivity contribution in [1.29, 1.82) is 0 Å². The number of alkyl halides is 3. The summed E-state index contributed by atoms with van der Waals surface area (Å²) in [6, 6.07) is 12.3. The molecule has 1 aliphatic rings. The average molecular weight is 361 g/mol. The Morgan fingerprint density at radius 2 is 1.81 bits per heavy atom. The fourth-order valence-electron chi connectivity index (χ4n) is 2.71. The van der Waals surface area contributed by atoms with E-state index in [-0.39, 0.29) is 18.3 Å². The van der Waals surface area contributed by atoms with E-state index in [0.29, 0.717) is 12.4 Å². The molecule has 1 aliphatic heterocycles. The lowest BCUT2D eigenvalue weighted by Crippen LogP contribution is -2.31. The molecule has 0 unspecified atom stereocenters. The number of hydrogen-bond donors (Lipinski definition) is 0. The quantitative estimate of drug-likeness (QED) is 0.786. The highest BCUT2D eigenvalue weighted by Crippen LogP contribution is 2.31. The van der Waals surface area contributed by atoms with Gasteiger partial charge in [0.2, 0.25) is 0 Å². The summed E-state index contributed by atoms with van der Waals surface area (Å²) in [5.41, 5.74) is 1.45. The molecule has 0 atom stereocenters. The van der Waals surface area contributed by atoms with Gasteiger partial charge in [0, 0.05) is 7.05 Å². The number of aryl methyl sites for hydroxylation is 1. The topological polar surface area (TPSA) is 35.9 Å². The van der Waals surface area contributed by atoms with Gasteiger partial charge < -0.3 is 4.90 Å². The third-order valence-electron chi connectivity index (χ3n) is 4.14. The number of urea groups is 1. The third-order valence-corrected chi connectivity index (χ3v) is 4.14. The summed E-state index contributed by atoms with van der Waals surface area (Å²) in [6.07, 6.45) is -4.43. The van der Waals surface area contributed by atoms with E-state index in [4.69, 9.17) is 0 Å². The highest BCUT2D eigenvalue weighted by Gasteiger charge is 2.33. The number of benzene rings is 2. The molecule has 2 aromatic rings. The van der Waals surface area contributed by atoms with Gasteiger partial charge in [0.05, 0.1) is 24.3 Å². The molecule has 1 fully saturated rings. The van der Waals surface area contributed by atoms with Gasteiger partial charge in [-0.2, -0.15) is 13.2 Å². The van der Waals surface area contributed by atoms with Crippen LogP contribution in [0.25, 0.3) is 0 Å². The second-order valence-electron chi connectivity index (χ2n) is 6.29. The molecule has 0 bridgehead atoms. The second-order valence-corrected chi connectivity index (χ2v) is 6.29. The van der Waals surface area contributed by atoms with Gasteiger partial charge in [0.1, 0.15) is 5.84 Å². The van der Waals surface area contributed by atoms with E-state index >= 15 is 0 Å². The SMILES string of the molecule is Cc1ccc(CN2C(=O)N(C)CC2=Nc2cccc(C(F)(F)F)c2)cc1. The van der Waals surface area contributed by atoms with Crippen LogP contribution in [0.1, 0.15) is 16.7 Å². The molecule has 1 saturated heterocycles. The van der Waals surface area contributed by atoms with Crippen LogP contribution in [-0.2, 0) is 12.7 Å². The number of carbonyl (C=O) groups excluding carboxylic acids is 1. The van der Waals surface area contributed by atoms with Crippen LogP contribution in [-0.4, -0.2) is 35.3 Å². The molecule has 0 aliphatic carbocycles. The smallest absolute Gasteiger partial charge is 0.320 e. The largest absolute Gasteiger partial charge is 0.416 e. The number of amidine groups is 1. The van der Waals surface area contributed by atoms with Gasteiger partial charge in [-0.05, 0) is 30.7 Å². The summed E-state index contributed by atoms with van der Waals surface area (Å²) >= 11 is 0. The first-order valence-corrected chi connectivity index (χ1v) is 8.07. The molecule has 2 amide bonds. The van der Waals surface area contributed by atoms with Gasteiger partial charge in [0.15, 0.2) is 0 Å². The summed E-state index contributed by atoms with van der Waals surface area (Å²) < 4.78 is 38.6. The normalized spacial score (nSPS) is 16.7. The first-order chi connectivity index (χ1) is 12.2. The number of aliphatic imine (C=N–C) groups is 1. The zero-order valence-corrected chi connectivity index (χ0v) is 14.4. The minimum absolute atomic E-state index is 0.173. The van der Waals surface area contributed by atoms with Gasteiger partial charge in [-0.15, -0.1) is 0 Å². The first kappa shape index (κ1) is 18.0. The molecule has 7 heteroatoms. The highest BCUT2D eigenvalue weighted by atomic mass is 19.4. The highest BCUT2D eigenvalue weighted by molar-refractivity contribution is 6.05. The van der Waals surface area contributed by atoms with Gasteiger partial charge in [-0.1, -0.05) is 35.9 Å². The van der Waals surface area contributed by atoms with Crippen molar-refractivity contribution in [2.24, 2.45) is 4.99 Å². The Kier molecular flexibility index (Phi) is 4.71. The van der Waals surface area contributed by atoms with Gasteiger partial charge >= 0.3 is 12.2 Å². The number of halogens is 3. The monoisotopic (exact) mass is 361 g/mol. The number of hydrogen-bond acceptors (Lipinski definition) is 2. The predicted molar refractivity (Wildman–Crippen MR) is 93.3 cm³/mol. The zero-order valence-electron chi connectivity index (χ0n) is 14.4. The lowest BCUT2D eigenvalue weighted by molar-refractivity contribution is -0.137. The van der Waals surface area contributed by atoms with E-state index in [1.807, 2.05) is 31.2 Å². The predicted octanol–water partition coefficient (Wildman–Crippen LogP) is 4.61. The van der Waals surface area contributed by atoms with Crippen LogP contribution in [0.5, 0.6) is 0 Å². The van der Waals surface area contributed by atoms with Crippen molar-refractivity contribution in [2.75, 3.05) is 13.6 Å². The van der Waals surface area contributed by atoms with Crippen molar-refractivity contribution in [3.05, 3.63) is 65.2 Å². The minimum atomic E-state index is -4.43. The lowest BCUT2D eigenvalue weighted by Gasteiger charge is -2.16. The molecular weight excluding hydrogens is 343 g/mol.